The number of halogens is 2. The molecule has 1 N–H and O–H groups in total. The van der Waals surface area contributed by atoms with Gasteiger partial charge in [-0.2, -0.15) is 5.26 Å². The van der Waals surface area contributed by atoms with Crippen molar-refractivity contribution in [3.05, 3.63) is 77.1 Å². The van der Waals surface area contributed by atoms with Gasteiger partial charge in [0.2, 0.25) is 0 Å². The Labute approximate surface area is 209 Å². The number of benzene rings is 2. The number of nitrogens with zero attached hydrogens (tertiary/aromatic N) is 3. The summed E-state index contributed by atoms with van der Waals surface area (Å²) in [5.41, 5.74) is 3.18. The number of allylic oxidation sites excluding steroid dienone is 1. The Balaban J connectivity index is 1.69. The molecule has 4 rings (SSSR count). The maximum Gasteiger partial charge on any atom is 0.162 e. The van der Waals surface area contributed by atoms with E-state index in [9.17, 15) is 5.26 Å². The van der Waals surface area contributed by atoms with Crippen molar-refractivity contribution in [2.45, 2.75) is 18.9 Å². The van der Waals surface area contributed by atoms with Gasteiger partial charge in [0.25, 0.3) is 0 Å². The van der Waals surface area contributed by atoms with E-state index < -0.39 is 0 Å². The molecule has 2 aromatic carbocycles. The quantitative estimate of drug-likeness (QED) is 0.368. The maximum absolute atomic E-state index is 9.73. The van der Waals surface area contributed by atoms with Gasteiger partial charge in [-0.3, -0.25) is 4.98 Å². The van der Waals surface area contributed by atoms with Crippen molar-refractivity contribution in [3.63, 3.8) is 0 Å². The monoisotopic (exact) mass is 494 g/mol. The van der Waals surface area contributed by atoms with E-state index in [-0.39, 0.29) is 6.10 Å². The summed E-state index contributed by atoms with van der Waals surface area (Å²) in [4.78, 5) is 6.65. The van der Waals surface area contributed by atoms with Gasteiger partial charge in [-0.25, -0.2) is 0 Å². The number of nitrogens with one attached hydrogen (secondary N) is 1. The normalized spacial score (nSPS) is 13.9. The topological polar surface area (TPSA) is 70.4 Å². The zero-order chi connectivity index (χ0) is 24.2. The molecule has 0 spiro atoms. The Morgan fingerprint density at radius 2 is 2.00 bits per heavy atom. The van der Waals surface area contributed by atoms with E-state index in [4.69, 9.17) is 32.7 Å². The second-order valence-corrected chi connectivity index (χ2v) is 8.77. The molecule has 174 valence electrons. The SMILES string of the molecule is C=CC(=C)N1CCC(Oc2cc3c(Nc4ccc(Cl)cc4Cl)c(C#N)cnc3cc2OC)CC1. The van der Waals surface area contributed by atoms with Crippen LogP contribution in [0.15, 0.2) is 61.5 Å². The summed E-state index contributed by atoms with van der Waals surface area (Å²) < 4.78 is 12.0. The van der Waals surface area contributed by atoms with Crippen molar-refractivity contribution in [2.75, 3.05) is 25.5 Å². The van der Waals surface area contributed by atoms with Crippen LogP contribution in [0.1, 0.15) is 18.4 Å². The van der Waals surface area contributed by atoms with Crippen LogP contribution >= 0.6 is 23.2 Å². The molecule has 1 aromatic heterocycles. The molecule has 0 unspecified atom stereocenters. The molecule has 1 fully saturated rings. The summed E-state index contributed by atoms with van der Waals surface area (Å²) in [5.74, 6) is 1.18. The van der Waals surface area contributed by atoms with Gasteiger partial charge in [0.05, 0.1) is 34.6 Å². The molecule has 0 saturated carbocycles. The second-order valence-electron chi connectivity index (χ2n) is 7.93. The molecule has 34 heavy (non-hydrogen) atoms. The molecule has 1 saturated heterocycles. The molecule has 6 nitrogen and oxygen atoms in total. The van der Waals surface area contributed by atoms with Crippen LogP contribution < -0.4 is 14.8 Å². The van der Waals surface area contributed by atoms with Crippen molar-refractivity contribution in [1.29, 1.82) is 5.26 Å². The first-order chi connectivity index (χ1) is 16.4. The average Bonchev–Trinajstić information content (AvgIpc) is 2.85. The average molecular weight is 495 g/mol. The Morgan fingerprint density at radius 1 is 1.24 bits per heavy atom. The van der Waals surface area contributed by atoms with Crippen LogP contribution in [0, 0.1) is 11.3 Å². The third-order valence-corrected chi connectivity index (χ3v) is 6.39. The van der Waals surface area contributed by atoms with Crippen molar-refractivity contribution in [2.24, 2.45) is 0 Å². The molecule has 0 atom stereocenters. The lowest BCUT2D eigenvalue weighted by molar-refractivity contribution is 0.116. The summed E-state index contributed by atoms with van der Waals surface area (Å²) in [7, 11) is 1.60. The largest absolute Gasteiger partial charge is 0.493 e. The van der Waals surface area contributed by atoms with E-state index >= 15 is 0 Å². The highest BCUT2D eigenvalue weighted by molar-refractivity contribution is 6.36. The number of nitriles is 1. The first-order valence-electron chi connectivity index (χ1n) is 10.8. The van der Waals surface area contributed by atoms with E-state index in [2.05, 4.69) is 34.4 Å². The van der Waals surface area contributed by atoms with Gasteiger partial charge in [0, 0.05) is 54.3 Å². The Bertz CT molecular complexity index is 1290. The molecule has 0 aliphatic carbocycles. The molecular formula is C26H24Cl2N4O2. The number of aromatic nitrogens is 1. The van der Waals surface area contributed by atoms with Crippen LogP contribution in [0.2, 0.25) is 10.0 Å². The number of hydrogen-bond donors (Lipinski definition) is 1. The number of anilines is 2. The zero-order valence-electron chi connectivity index (χ0n) is 18.8. The highest BCUT2D eigenvalue weighted by Crippen LogP contribution is 2.39. The highest BCUT2D eigenvalue weighted by atomic mass is 35.5. The van der Waals surface area contributed by atoms with Gasteiger partial charge in [-0.05, 0) is 30.3 Å². The van der Waals surface area contributed by atoms with Crippen molar-refractivity contribution >= 4 is 45.5 Å². The number of hydrogen-bond acceptors (Lipinski definition) is 6. The Kier molecular flexibility index (Phi) is 7.16. The lowest BCUT2D eigenvalue weighted by atomic mass is 10.1. The van der Waals surface area contributed by atoms with E-state index in [0.717, 1.165) is 37.0 Å². The summed E-state index contributed by atoms with van der Waals surface area (Å²) >= 11 is 12.4. The van der Waals surface area contributed by atoms with Gasteiger partial charge >= 0.3 is 0 Å². The van der Waals surface area contributed by atoms with Gasteiger partial charge < -0.3 is 19.7 Å². The van der Waals surface area contributed by atoms with Crippen LogP contribution in [-0.4, -0.2) is 36.2 Å². The Morgan fingerprint density at radius 3 is 2.65 bits per heavy atom. The van der Waals surface area contributed by atoms with Gasteiger partial charge in [-0.1, -0.05) is 36.4 Å². The van der Waals surface area contributed by atoms with Gasteiger partial charge in [0.1, 0.15) is 12.2 Å². The molecule has 0 bridgehead atoms. The Hall–Kier alpha value is -3.40. The minimum Gasteiger partial charge on any atom is -0.493 e. The van der Waals surface area contributed by atoms with Gasteiger partial charge in [-0.15, -0.1) is 0 Å². The first-order valence-corrected chi connectivity index (χ1v) is 11.5. The van der Waals surface area contributed by atoms with Crippen LogP contribution in [-0.2, 0) is 0 Å². The molecule has 0 amide bonds. The predicted molar refractivity (Wildman–Crippen MR) is 137 cm³/mol. The lowest BCUT2D eigenvalue weighted by Gasteiger charge is -2.34. The number of fused-ring (bicyclic) bond motifs is 1. The van der Waals surface area contributed by atoms with Crippen molar-refractivity contribution < 1.29 is 9.47 Å². The van der Waals surface area contributed by atoms with Gasteiger partial charge in [0.15, 0.2) is 11.5 Å². The number of likely N-dealkylation sites (tertiary alicyclic amines) is 1. The van der Waals surface area contributed by atoms with E-state index in [1.165, 1.54) is 6.20 Å². The van der Waals surface area contributed by atoms with E-state index in [0.29, 0.717) is 44.0 Å². The summed E-state index contributed by atoms with van der Waals surface area (Å²) in [6.45, 7) is 9.51. The number of pyridine rings is 1. The standard InChI is InChI=1S/C26H24Cl2N4O2/c1-4-16(2)32-9-7-19(8-10-32)34-25-12-20-23(13-24(25)33-3)30-15-17(14-29)26(20)31-22-6-5-18(27)11-21(22)28/h4-6,11-13,15,19H,1-2,7-10H2,3H3,(H,30,31). The molecule has 8 heteroatoms. The third-order valence-electron chi connectivity index (χ3n) is 5.84. The minimum absolute atomic E-state index is 0.0226. The number of piperidine rings is 1. The zero-order valence-corrected chi connectivity index (χ0v) is 20.3. The summed E-state index contributed by atoms with van der Waals surface area (Å²) in [5, 5.41) is 14.7. The highest BCUT2D eigenvalue weighted by Gasteiger charge is 2.23. The van der Waals surface area contributed by atoms with E-state index in [1.54, 1.807) is 31.4 Å². The third kappa shape index (κ3) is 4.91. The van der Waals surface area contributed by atoms with Crippen LogP contribution in [0.25, 0.3) is 10.9 Å². The number of methoxy groups -OCH3 is 1. The van der Waals surface area contributed by atoms with Crippen molar-refractivity contribution in [1.82, 2.24) is 9.88 Å². The number of ether oxygens (including phenoxy) is 2. The van der Waals surface area contributed by atoms with Crippen LogP contribution in [0.3, 0.4) is 0 Å². The summed E-state index contributed by atoms with van der Waals surface area (Å²) in [6, 6.07) is 11.0. The second kappa shape index (κ2) is 10.3. The molecule has 1 aliphatic heterocycles. The minimum atomic E-state index is 0.0226. The molecule has 0 radical (unpaired) electrons. The molecular weight excluding hydrogens is 471 g/mol. The smallest absolute Gasteiger partial charge is 0.162 e. The fraction of sp³-hybridized carbons (Fsp3) is 0.231. The molecule has 1 aliphatic rings. The molecule has 3 aromatic rings. The maximum atomic E-state index is 9.73. The van der Waals surface area contributed by atoms with Crippen LogP contribution in [0.4, 0.5) is 11.4 Å². The number of rotatable bonds is 7. The molecule has 2 heterocycles. The first kappa shape index (κ1) is 23.7. The fourth-order valence-corrected chi connectivity index (χ4v) is 4.42. The van der Waals surface area contributed by atoms with E-state index in [1.807, 2.05) is 12.1 Å². The lowest BCUT2D eigenvalue weighted by Crippen LogP contribution is -2.37. The van der Waals surface area contributed by atoms with Crippen LogP contribution in [0.5, 0.6) is 11.5 Å². The fourth-order valence-electron chi connectivity index (χ4n) is 3.97. The summed E-state index contributed by atoms with van der Waals surface area (Å²) in [6.07, 6.45) is 5.01. The van der Waals surface area contributed by atoms with Crippen molar-refractivity contribution in [3.8, 4) is 17.6 Å². The predicted octanol–water partition coefficient (Wildman–Crippen LogP) is 6.71.